The fourth-order valence-corrected chi connectivity index (χ4v) is 2.86. The van der Waals surface area contributed by atoms with Crippen LogP contribution in [-0.2, 0) is 4.79 Å². The second-order valence-corrected chi connectivity index (χ2v) is 7.71. The van der Waals surface area contributed by atoms with Crippen LogP contribution in [0, 0.1) is 11.3 Å². The number of amides is 1. The molecule has 0 radical (unpaired) electrons. The number of carbonyl (C=O) groups is 1. The topological polar surface area (TPSA) is 68.8 Å². The van der Waals surface area contributed by atoms with Gasteiger partial charge < -0.3 is 16.0 Å². The second kappa shape index (κ2) is 11.2. The normalized spacial score (nSPS) is 21.8. The van der Waals surface area contributed by atoms with Gasteiger partial charge in [0.1, 0.15) is 0 Å². The molecule has 2 atom stereocenters. The van der Waals surface area contributed by atoms with Crippen molar-refractivity contribution in [1.29, 1.82) is 0 Å². The van der Waals surface area contributed by atoms with Crippen LogP contribution in [0.15, 0.2) is 4.99 Å². The molecule has 2 unspecified atom stereocenters. The number of likely N-dealkylation sites (tertiary alicyclic amines) is 1. The smallest absolute Gasteiger partial charge is 0.227 e. The van der Waals surface area contributed by atoms with Crippen LogP contribution < -0.4 is 16.0 Å². The van der Waals surface area contributed by atoms with E-state index in [0.717, 1.165) is 25.6 Å². The summed E-state index contributed by atoms with van der Waals surface area (Å²) in [6, 6.07) is 0.952. The summed E-state index contributed by atoms with van der Waals surface area (Å²) >= 11 is 0. The van der Waals surface area contributed by atoms with Crippen molar-refractivity contribution in [3.8, 4) is 0 Å². The molecular formula is C18H38IN5O. The van der Waals surface area contributed by atoms with Crippen LogP contribution in [0.25, 0.3) is 0 Å². The fraction of sp³-hybridized carbons (Fsp3) is 0.889. The number of halogens is 1. The average Bonchev–Trinajstić information content (AvgIpc) is 2.87. The lowest BCUT2D eigenvalue weighted by molar-refractivity contribution is -0.128. The molecule has 3 N–H and O–H groups in total. The first-order chi connectivity index (χ1) is 11.2. The molecular weight excluding hydrogens is 429 g/mol. The van der Waals surface area contributed by atoms with Crippen LogP contribution in [-0.4, -0.2) is 61.6 Å². The summed E-state index contributed by atoms with van der Waals surface area (Å²) in [6.45, 7) is 18.7. The van der Waals surface area contributed by atoms with E-state index in [1.165, 1.54) is 0 Å². The highest BCUT2D eigenvalue weighted by molar-refractivity contribution is 14.0. The van der Waals surface area contributed by atoms with E-state index in [-0.39, 0.29) is 29.9 Å². The Morgan fingerprint density at radius 1 is 1.20 bits per heavy atom. The van der Waals surface area contributed by atoms with Crippen molar-refractivity contribution in [3.63, 3.8) is 0 Å². The van der Waals surface area contributed by atoms with Gasteiger partial charge in [0, 0.05) is 38.3 Å². The first-order valence-electron chi connectivity index (χ1n) is 9.28. The number of aliphatic imine (C=N–C) groups is 1. The predicted molar refractivity (Wildman–Crippen MR) is 117 cm³/mol. The minimum absolute atomic E-state index is 0. The standard InChI is InChI=1S/C18H37N5O.HI/c1-8-19-16(24)18(6,7)12-21-17(20-9-2)22-15-11-23(13(3)4)10-14(15)5;/h13-15H,8-12H2,1-7H3,(H,19,24)(H2,20,21,22);1H. The Kier molecular flexibility index (Phi) is 11.0. The van der Waals surface area contributed by atoms with Gasteiger partial charge in [-0.05, 0) is 47.5 Å². The summed E-state index contributed by atoms with van der Waals surface area (Å²) < 4.78 is 0. The summed E-state index contributed by atoms with van der Waals surface area (Å²) in [4.78, 5) is 19.3. The molecule has 0 aromatic heterocycles. The SMILES string of the molecule is CCNC(=O)C(C)(C)CN=C(NCC)NC1CN(C(C)C)CC1C.I. The first kappa shape index (κ1) is 24.4. The molecule has 1 amide bonds. The number of nitrogens with one attached hydrogen (secondary N) is 3. The second-order valence-electron chi connectivity index (χ2n) is 7.71. The Balaban J connectivity index is 0.00000576. The summed E-state index contributed by atoms with van der Waals surface area (Å²) in [5.41, 5.74) is -0.510. The van der Waals surface area contributed by atoms with Crippen molar-refractivity contribution in [2.75, 3.05) is 32.7 Å². The highest BCUT2D eigenvalue weighted by Crippen LogP contribution is 2.19. The molecule has 7 heteroatoms. The van der Waals surface area contributed by atoms with Gasteiger partial charge in [0.15, 0.2) is 5.96 Å². The Labute approximate surface area is 171 Å². The Bertz CT molecular complexity index is 439. The van der Waals surface area contributed by atoms with E-state index in [9.17, 15) is 4.79 Å². The van der Waals surface area contributed by atoms with Crippen LogP contribution in [0.1, 0.15) is 48.5 Å². The number of nitrogens with zero attached hydrogens (tertiary/aromatic N) is 2. The lowest BCUT2D eigenvalue weighted by Gasteiger charge is -2.24. The van der Waals surface area contributed by atoms with E-state index >= 15 is 0 Å². The van der Waals surface area contributed by atoms with Crippen LogP contribution in [0.2, 0.25) is 0 Å². The molecule has 0 spiro atoms. The van der Waals surface area contributed by atoms with Crippen LogP contribution in [0.4, 0.5) is 0 Å². The van der Waals surface area contributed by atoms with Gasteiger partial charge in [-0.25, -0.2) is 0 Å². The van der Waals surface area contributed by atoms with Gasteiger partial charge in [0.25, 0.3) is 0 Å². The highest BCUT2D eigenvalue weighted by atomic mass is 127. The Morgan fingerprint density at radius 2 is 1.80 bits per heavy atom. The maximum Gasteiger partial charge on any atom is 0.227 e. The molecule has 0 bridgehead atoms. The van der Waals surface area contributed by atoms with Crippen molar-refractivity contribution in [3.05, 3.63) is 0 Å². The molecule has 0 aromatic carbocycles. The molecule has 0 saturated carbocycles. The number of hydrogen-bond acceptors (Lipinski definition) is 3. The number of rotatable bonds is 7. The minimum atomic E-state index is -0.510. The van der Waals surface area contributed by atoms with Crippen molar-refractivity contribution in [2.24, 2.45) is 16.3 Å². The monoisotopic (exact) mass is 467 g/mol. The number of hydrogen-bond donors (Lipinski definition) is 3. The fourth-order valence-electron chi connectivity index (χ4n) is 2.86. The summed E-state index contributed by atoms with van der Waals surface area (Å²) in [6.07, 6.45) is 0. The zero-order valence-corrected chi connectivity index (χ0v) is 19.3. The van der Waals surface area contributed by atoms with E-state index in [1.807, 2.05) is 20.8 Å². The van der Waals surface area contributed by atoms with Crippen LogP contribution in [0.5, 0.6) is 0 Å². The van der Waals surface area contributed by atoms with Crippen molar-refractivity contribution < 1.29 is 4.79 Å². The Morgan fingerprint density at radius 3 is 2.28 bits per heavy atom. The van der Waals surface area contributed by atoms with Crippen molar-refractivity contribution >= 4 is 35.8 Å². The van der Waals surface area contributed by atoms with Gasteiger partial charge in [-0.1, -0.05) is 6.92 Å². The largest absolute Gasteiger partial charge is 0.357 e. The van der Waals surface area contributed by atoms with E-state index in [0.29, 0.717) is 31.1 Å². The molecule has 6 nitrogen and oxygen atoms in total. The molecule has 1 saturated heterocycles. The predicted octanol–water partition coefficient (Wildman–Crippen LogP) is 2.05. The van der Waals surface area contributed by atoms with Crippen molar-refractivity contribution in [1.82, 2.24) is 20.9 Å². The number of carbonyl (C=O) groups excluding carboxylic acids is 1. The van der Waals surface area contributed by atoms with Gasteiger partial charge in [-0.3, -0.25) is 14.7 Å². The third-order valence-electron chi connectivity index (χ3n) is 4.62. The molecule has 1 aliphatic heterocycles. The minimum Gasteiger partial charge on any atom is -0.357 e. The third-order valence-corrected chi connectivity index (χ3v) is 4.62. The van der Waals surface area contributed by atoms with Gasteiger partial charge >= 0.3 is 0 Å². The molecule has 1 aliphatic rings. The molecule has 1 fully saturated rings. The average molecular weight is 467 g/mol. The van der Waals surface area contributed by atoms with Gasteiger partial charge in [-0.2, -0.15) is 0 Å². The lowest BCUT2D eigenvalue weighted by atomic mass is 9.92. The highest BCUT2D eigenvalue weighted by Gasteiger charge is 2.32. The van der Waals surface area contributed by atoms with Gasteiger partial charge in [0.2, 0.25) is 5.91 Å². The molecule has 0 aliphatic carbocycles. The Hall–Kier alpha value is -0.570. The molecule has 1 rings (SSSR count). The van der Waals surface area contributed by atoms with E-state index in [4.69, 9.17) is 0 Å². The quantitative estimate of drug-likeness (QED) is 0.305. The molecule has 1 heterocycles. The lowest BCUT2D eigenvalue weighted by Crippen LogP contribution is -2.47. The zero-order chi connectivity index (χ0) is 18.3. The molecule has 0 aromatic rings. The van der Waals surface area contributed by atoms with E-state index < -0.39 is 5.41 Å². The van der Waals surface area contributed by atoms with Crippen LogP contribution >= 0.6 is 24.0 Å². The third kappa shape index (κ3) is 7.68. The zero-order valence-electron chi connectivity index (χ0n) is 17.0. The summed E-state index contributed by atoms with van der Waals surface area (Å²) in [5.74, 6) is 1.43. The van der Waals surface area contributed by atoms with Gasteiger partial charge in [-0.15, -0.1) is 24.0 Å². The maximum atomic E-state index is 12.1. The van der Waals surface area contributed by atoms with Gasteiger partial charge in [0.05, 0.1) is 12.0 Å². The van der Waals surface area contributed by atoms with Crippen LogP contribution in [0.3, 0.4) is 0 Å². The first-order valence-corrected chi connectivity index (χ1v) is 9.28. The summed E-state index contributed by atoms with van der Waals surface area (Å²) in [7, 11) is 0. The van der Waals surface area contributed by atoms with E-state index in [1.54, 1.807) is 0 Å². The summed E-state index contributed by atoms with van der Waals surface area (Å²) in [5, 5.41) is 9.75. The molecule has 148 valence electrons. The van der Waals surface area contributed by atoms with E-state index in [2.05, 4.69) is 53.5 Å². The maximum absolute atomic E-state index is 12.1. The van der Waals surface area contributed by atoms with Crippen molar-refractivity contribution in [2.45, 2.75) is 60.5 Å². The molecule has 25 heavy (non-hydrogen) atoms. The number of guanidine groups is 1.